The molecule has 0 saturated heterocycles. The molecular weight excluding hydrogens is 436 g/mol. The average Bonchev–Trinajstić information content (AvgIpc) is 2.84. The Kier molecular flexibility index (Phi) is 10.5. The van der Waals surface area contributed by atoms with Gasteiger partial charge in [0.25, 0.3) is 0 Å². The van der Waals surface area contributed by atoms with E-state index in [4.69, 9.17) is 23.1 Å². The van der Waals surface area contributed by atoms with Crippen LogP contribution >= 0.6 is 11.6 Å². The molecule has 0 amide bonds. The lowest BCUT2D eigenvalue weighted by Crippen LogP contribution is -2.46. The van der Waals surface area contributed by atoms with Gasteiger partial charge in [0, 0.05) is 16.8 Å². The number of nitrogens with two attached hydrogens (primary N) is 2. The Hall–Kier alpha value is -2.29. The number of benzene rings is 2. The van der Waals surface area contributed by atoms with Gasteiger partial charge < -0.3 is 11.5 Å². The van der Waals surface area contributed by atoms with E-state index in [-0.39, 0.29) is 6.04 Å². The maximum absolute atomic E-state index is 6.86. The van der Waals surface area contributed by atoms with Crippen LogP contribution in [0.25, 0.3) is 6.08 Å². The van der Waals surface area contributed by atoms with Crippen molar-refractivity contribution in [2.45, 2.75) is 82.6 Å². The third kappa shape index (κ3) is 7.10. The fraction of sp³-hybridized carbons (Fsp3) is 0.419. The fourth-order valence-corrected chi connectivity index (χ4v) is 5.16. The number of hydrogen-bond donors (Lipinski definition) is 2. The van der Waals surface area contributed by atoms with Crippen molar-refractivity contribution in [3.8, 4) is 0 Å². The highest BCUT2D eigenvalue weighted by Crippen LogP contribution is 2.43. The summed E-state index contributed by atoms with van der Waals surface area (Å²) in [5.74, 6) is 0. The molecule has 1 aliphatic carbocycles. The summed E-state index contributed by atoms with van der Waals surface area (Å²) >= 11 is 6.24. The van der Waals surface area contributed by atoms with E-state index in [0.29, 0.717) is 0 Å². The monoisotopic (exact) mass is 476 g/mol. The third-order valence-electron chi connectivity index (χ3n) is 6.98. The van der Waals surface area contributed by atoms with E-state index in [2.05, 4.69) is 61.5 Å². The van der Waals surface area contributed by atoms with E-state index >= 15 is 0 Å². The van der Waals surface area contributed by atoms with Crippen LogP contribution in [0.3, 0.4) is 0 Å². The molecule has 2 aromatic carbocycles. The van der Waals surface area contributed by atoms with Crippen molar-refractivity contribution in [1.29, 1.82) is 0 Å². The zero-order valence-corrected chi connectivity index (χ0v) is 21.4. The molecule has 0 aliphatic heterocycles. The molecule has 182 valence electrons. The summed E-state index contributed by atoms with van der Waals surface area (Å²) in [4.78, 5) is 0. The Morgan fingerprint density at radius 1 is 0.853 bits per heavy atom. The van der Waals surface area contributed by atoms with Gasteiger partial charge in [0.15, 0.2) is 0 Å². The van der Waals surface area contributed by atoms with Crippen molar-refractivity contribution in [2.24, 2.45) is 11.5 Å². The highest BCUT2D eigenvalue weighted by Gasteiger charge is 2.40. The summed E-state index contributed by atoms with van der Waals surface area (Å²) in [7, 11) is 0. The minimum absolute atomic E-state index is 0.243. The van der Waals surface area contributed by atoms with E-state index < -0.39 is 5.41 Å². The SMILES string of the molecule is CCCCCCCCCCCC1=CC(N)=CC(N)C1(C=Cc1ccccc1)c1ccc(Cl)cc1. The van der Waals surface area contributed by atoms with Crippen LogP contribution in [-0.4, -0.2) is 6.04 Å². The molecule has 0 radical (unpaired) electrons. The van der Waals surface area contributed by atoms with E-state index in [1.807, 2.05) is 24.3 Å². The normalized spacial score (nSPS) is 20.4. The second-order valence-electron chi connectivity index (χ2n) is 9.56. The molecule has 1 aliphatic rings. The Balaban J connectivity index is 1.78. The van der Waals surface area contributed by atoms with Gasteiger partial charge in [-0.3, -0.25) is 0 Å². The van der Waals surface area contributed by atoms with Crippen molar-refractivity contribution in [3.05, 3.63) is 100 Å². The van der Waals surface area contributed by atoms with Crippen LogP contribution in [0.5, 0.6) is 0 Å². The average molecular weight is 477 g/mol. The van der Waals surface area contributed by atoms with Crippen molar-refractivity contribution in [2.75, 3.05) is 0 Å². The van der Waals surface area contributed by atoms with Gasteiger partial charge >= 0.3 is 0 Å². The Labute approximate surface area is 211 Å². The molecule has 2 unspecified atom stereocenters. The minimum Gasteiger partial charge on any atom is -0.399 e. The number of unbranched alkanes of at least 4 members (excludes halogenated alkanes) is 8. The van der Waals surface area contributed by atoms with E-state index in [9.17, 15) is 0 Å². The number of allylic oxidation sites excluding steroid dienone is 1. The zero-order valence-electron chi connectivity index (χ0n) is 20.7. The molecular formula is C31H41ClN2. The van der Waals surface area contributed by atoms with Crippen LogP contribution in [0.2, 0.25) is 5.02 Å². The predicted molar refractivity (Wildman–Crippen MR) is 149 cm³/mol. The van der Waals surface area contributed by atoms with Crippen LogP contribution in [0.4, 0.5) is 0 Å². The van der Waals surface area contributed by atoms with Crippen molar-refractivity contribution >= 4 is 17.7 Å². The zero-order chi connectivity index (χ0) is 24.2. The lowest BCUT2D eigenvalue weighted by molar-refractivity contribution is 0.505. The Morgan fingerprint density at radius 3 is 2.12 bits per heavy atom. The predicted octanol–water partition coefficient (Wildman–Crippen LogP) is 8.32. The van der Waals surface area contributed by atoms with E-state index in [1.54, 1.807) is 0 Å². The molecule has 3 heteroatoms. The largest absolute Gasteiger partial charge is 0.399 e. The van der Waals surface area contributed by atoms with Gasteiger partial charge in [-0.2, -0.15) is 0 Å². The molecule has 0 heterocycles. The summed E-state index contributed by atoms with van der Waals surface area (Å²) in [6.07, 6.45) is 21.4. The molecule has 2 nitrogen and oxygen atoms in total. The number of halogens is 1. The summed E-state index contributed by atoms with van der Waals surface area (Å²) in [6, 6.07) is 18.3. The first-order valence-corrected chi connectivity index (χ1v) is 13.4. The number of rotatable bonds is 13. The lowest BCUT2D eigenvalue weighted by atomic mass is 9.65. The second-order valence-corrected chi connectivity index (χ2v) is 10.00. The van der Waals surface area contributed by atoms with Gasteiger partial charge in [-0.1, -0.05) is 130 Å². The first-order chi connectivity index (χ1) is 16.6. The summed E-state index contributed by atoms with van der Waals surface area (Å²) in [5, 5.41) is 0.731. The quantitative estimate of drug-likeness (QED) is 0.285. The lowest BCUT2D eigenvalue weighted by Gasteiger charge is -2.41. The smallest absolute Gasteiger partial charge is 0.0536 e. The molecule has 34 heavy (non-hydrogen) atoms. The van der Waals surface area contributed by atoms with Crippen molar-refractivity contribution in [1.82, 2.24) is 0 Å². The highest BCUT2D eigenvalue weighted by atomic mass is 35.5. The Morgan fingerprint density at radius 2 is 1.47 bits per heavy atom. The van der Waals surface area contributed by atoms with Crippen LogP contribution in [-0.2, 0) is 5.41 Å². The molecule has 2 aromatic rings. The minimum atomic E-state index is -0.441. The molecule has 2 atom stereocenters. The van der Waals surface area contributed by atoms with Crippen LogP contribution in [0, 0.1) is 0 Å². The summed E-state index contributed by atoms with van der Waals surface area (Å²) in [5.41, 5.74) is 17.1. The second kappa shape index (κ2) is 13.6. The Bertz CT molecular complexity index is 959. The van der Waals surface area contributed by atoms with Gasteiger partial charge in [0.1, 0.15) is 0 Å². The molecule has 0 bridgehead atoms. The van der Waals surface area contributed by atoms with Gasteiger partial charge in [-0.05, 0) is 48.3 Å². The van der Waals surface area contributed by atoms with Crippen molar-refractivity contribution in [3.63, 3.8) is 0 Å². The molecule has 3 rings (SSSR count). The van der Waals surface area contributed by atoms with Gasteiger partial charge in [0.05, 0.1) is 5.41 Å². The third-order valence-corrected chi connectivity index (χ3v) is 7.23. The summed E-state index contributed by atoms with van der Waals surface area (Å²) in [6.45, 7) is 2.27. The maximum atomic E-state index is 6.86. The maximum Gasteiger partial charge on any atom is 0.0536 e. The highest BCUT2D eigenvalue weighted by molar-refractivity contribution is 6.30. The standard InChI is InChI=1S/C31H41ClN2/c1-2-3-4-5-6-7-8-9-13-16-27-23-29(33)24-30(34)31(27,26-17-19-28(32)20-18-26)22-21-25-14-11-10-12-15-25/h10-12,14-15,17-24,30H,2-9,13,16,33-34H2,1H3. The first kappa shape index (κ1) is 26.3. The van der Waals surface area contributed by atoms with Gasteiger partial charge in [-0.25, -0.2) is 0 Å². The molecule has 0 fully saturated rings. The van der Waals surface area contributed by atoms with Gasteiger partial charge in [0.2, 0.25) is 0 Å². The molecule has 4 N–H and O–H groups in total. The molecule has 0 spiro atoms. The molecule has 0 saturated carbocycles. The molecule has 0 aromatic heterocycles. The van der Waals surface area contributed by atoms with Crippen LogP contribution in [0.1, 0.15) is 82.3 Å². The topological polar surface area (TPSA) is 52.0 Å². The fourth-order valence-electron chi connectivity index (χ4n) is 5.04. The van der Waals surface area contributed by atoms with Gasteiger partial charge in [-0.15, -0.1) is 0 Å². The van der Waals surface area contributed by atoms with Crippen LogP contribution < -0.4 is 11.5 Å². The van der Waals surface area contributed by atoms with Crippen molar-refractivity contribution < 1.29 is 0 Å². The first-order valence-electron chi connectivity index (χ1n) is 13.0. The summed E-state index contributed by atoms with van der Waals surface area (Å²) < 4.78 is 0. The number of hydrogen-bond acceptors (Lipinski definition) is 2. The van der Waals surface area contributed by atoms with Crippen LogP contribution in [0.15, 0.2) is 84.1 Å². The van der Waals surface area contributed by atoms with E-state index in [0.717, 1.165) is 34.7 Å². The van der Waals surface area contributed by atoms with E-state index in [1.165, 1.54) is 56.9 Å².